The quantitative estimate of drug-likeness (QED) is 0.125. The van der Waals surface area contributed by atoms with Gasteiger partial charge in [-0.25, -0.2) is 29.9 Å². The Morgan fingerprint density at radius 3 is 1.82 bits per heavy atom. The van der Waals surface area contributed by atoms with Crippen molar-refractivity contribution >= 4 is 71.5 Å². The van der Waals surface area contributed by atoms with Gasteiger partial charge in [-0.15, -0.1) is 0 Å². The summed E-state index contributed by atoms with van der Waals surface area (Å²) in [5, 5.41) is 22.5. The van der Waals surface area contributed by atoms with Crippen LogP contribution in [-0.4, -0.2) is 104 Å². The third kappa shape index (κ3) is 5.28. The van der Waals surface area contributed by atoms with Gasteiger partial charge in [0.25, 0.3) is 0 Å². The smallest absolute Gasteiger partial charge is 0.325 e. The third-order valence-electron chi connectivity index (χ3n) is 7.25. The monoisotopic (exact) mass is 689 g/mol. The number of nitrogen functional groups attached to an aromatic ring is 2. The number of aliphatic hydroxyl groups excluding tert-OH is 2. The number of nitrogens with zero attached hydrogens (tertiary/aromatic N) is 8. The number of fused-ring (bicyclic) bond motifs is 4. The van der Waals surface area contributed by atoms with Gasteiger partial charge in [-0.2, -0.15) is 0 Å². The molecule has 24 heteroatoms. The van der Waals surface area contributed by atoms with Crippen molar-refractivity contribution in [3.63, 3.8) is 0 Å². The van der Waals surface area contributed by atoms with Gasteiger partial charge >= 0.3 is 6.72 Å². The molecule has 3 aliphatic heterocycles. The van der Waals surface area contributed by atoms with Crippen molar-refractivity contribution in [1.29, 1.82) is 0 Å². The van der Waals surface area contributed by atoms with E-state index >= 15 is 0 Å². The molecule has 3 fully saturated rings. The largest absolute Gasteiger partial charge is 0.660 e. The maximum Gasteiger partial charge on any atom is 0.325 e. The summed E-state index contributed by atoms with van der Waals surface area (Å²) < 4.78 is 50.4. The average Bonchev–Trinajstić information content (AvgIpc) is 3.73. The molecule has 20 nitrogen and oxygen atoms in total. The number of nitrogens with two attached hydrogens (primary N) is 2. The Morgan fingerprint density at radius 2 is 1.30 bits per heavy atom. The number of ether oxygens (including phenoxy) is 2. The summed E-state index contributed by atoms with van der Waals surface area (Å²) in [5.41, 5.74) is 12.7. The minimum atomic E-state index is -4.37. The minimum Gasteiger partial charge on any atom is -0.660 e. The second kappa shape index (κ2) is 11.1. The highest BCUT2D eigenvalue weighted by molar-refractivity contribution is 8.32. The van der Waals surface area contributed by atoms with Gasteiger partial charge in [0, 0.05) is 0 Å². The third-order valence-corrected chi connectivity index (χ3v) is 10.3. The Morgan fingerprint density at radius 1 is 0.818 bits per heavy atom. The first-order chi connectivity index (χ1) is 20.9. The van der Waals surface area contributed by atoms with E-state index in [2.05, 4.69) is 29.9 Å². The molecule has 7 N–H and O–H groups in total. The molecule has 4 aromatic heterocycles. The second-order valence-electron chi connectivity index (χ2n) is 9.92. The van der Waals surface area contributed by atoms with Crippen molar-refractivity contribution in [3.05, 3.63) is 25.3 Å². The fourth-order valence-electron chi connectivity index (χ4n) is 5.24. The molecule has 0 aromatic carbocycles. The van der Waals surface area contributed by atoms with Crippen molar-refractivity contribution in [1.82, 2.24) is 39.0 Å². The Kier molecular flexibility index (Phi) is 7.64. The number of aliphatic hydroxyl groups is 2. The van der Waals surface area contributed by atoms with Crippen LogP contribution in [0.4, 0.5) is 11.6 Å². The van der Waals surface area contributed by atoms with E-state index in [0.29, 0.717) is 0 Å². The summed E-state index contributed by atoms with van der Waals surface area (Å²) in [7, 11) is 0. The number of rotatable bonds is 2. The molecule has 0 radical (unpaired) electrons. The first-order valence-corrected chi connectivity index (χ1v) is 17.9. The first kappa shape index (κ1) is 30.2. The molecule has 0 spiro atoms. The standard InChI is InChI=1S/C20H24N10O10P2S2/c21-15-9-17(25-3-23-15)29(5-27-9)19-11(31)13-7(37-19)1-35-41(33,43)40-14-8(2-36-42(34,44)39-13)38-20(12(14)32)30-6-28-10-16(22)24-4-26-18(10)30/h3-8,11-14,19-20,31-32H,1-2H2,(H,33,43)(H,34,44)(H2,21,23,25)(H2,22,24,26)/p-1/t7-,8-,11?,12?,13?,14?,19-,20-,41?,42?/m1/s1. The zero-order chi connectivity index (χ0) is 31.0. The predicted molar refractivity (Wildman–Crippen MR) is 152 cm³/mol. The van der Waals surface area contributed by atoms with Crippen molar-refractivity contribution in [2.24, 2.45) is 0 Å². The normalized spacial score (nSPS) is 38.3. The lowest BCUT2D eigenvalue weighted by atomic mass is 10.1. The summed E-state index contributed by atoms with van der Waals surface area (Å²) in [4.78, 5) is 35.4. The molecule has 0 bridgehead atoms. The van der Waals surface area contributed by atoms with Crippen LogP contribution >= 0.6 is 13.5 Å². The van der Waals surface area contributed by atoms with E-state index in [-0.39, 0.29) is 34.0 Å². The topological polar surface area (TPSA) is 272 Å². The maximum absolute atomic E-state index is 13.4. The number of anilines is 2. The van der Waals surface area contributed by atoms with E-state index in [1.54, 1.807) is 0 Å². The number of hydrogen-bond acceptors (Lipinski definition) is 19. The number of aromatic nitrogens is 8. The van der Waals surface area contributed by atoms with Crippen molar-refractivity contribution in [2.45, 2.75) is 49.1 Å². The Balaban J connectivity index is 1.17. The van der Waals surface area contributed by atoms with Gasteiger partial charge < -0.3 is 61.9 Å². The summed E-state index contributed by atoms with van der Waals surface area (Å²) in [6.45, 7) is -9.55. The van der Waals surface area contributed by atoms with Crippen molar-refractivity contribution in [2.75, 3.05) is 24.7 Å². The van der Waals surface area contributed by atoms with E-state index in [1.807, 2.05) is 0 Å². The molecule has 3 aliphatic rings. The Labute approximate surface area is 256 Å². The molecule has 4 aromatic rings. The van der Waals surface area contributed by atoms with Crippen LogP contribution in [0.25, 0.3) is 22.3 Å². The molecule has 0 saturated carbocycles. The lowest BCUT2D eigenvalue weighted by Gasteiger charge is -2.33. The van der Waals surface area contributed by atoms with Gasteiger partial charge in [-0.1, -0.05) is 0 Å². The fraction of sp³-hybridized carbons (Fsp3) is 0.500. The van der Waals surface area contributed by atoms with Crippen LogP contribution in [0.2, 0.25) is 0 Å². The van der Waals surface area contributed by atoms with Gasteiger partial charge in [0.1, 0.15) is 60.3 Å². The molecular weight excluding hydrogens is 666 g/mol. The molecule has 7 heterocycles. The molecule has 44 heavy (non-hydrogen) atoms. The molecule has 10 atom stereocenters. The van der Waals surface area contributed by atoms with Crippen LogP contribution < -0.4 is 11.5 Å². The molecule has 7 rings (SSSR count). The second-order valence-corrected chi connectivity index (χ2v) is 15.4. The van der Waals surface area contributed by atoms with E-state index in [9.17, 15) is 19.7 Å². The number of hydrogen-bond donors (Lipinski definition) is 5. The Bertz CT molecular complexity index is 1700. The van der Waals surface area contributed by atoms with E-state index < -0.39 is 75.8 Å². The van der Waals surface area contributed by atoms with Crippen LogP contribution in [0.5, 0.6) is 0 Å². The zero-order valence-corrected chi connectivity index (χ0v) is 25.4. The van der Waals surface area contributed by atoms with Gasteiger partial charge in [0.2, 0.25) is 0 Å². The maximum atomic E-state index is 13.4. The fourth-order valence-corrected chi connectivity index (χ4v) is 8.11. The number of imidazole rings is 2. The lowest BCUT2D eigenvalue weighted by molar-refractivity contribution is -0.0577. The summed E-state index contributed by atoms with van der Waals surface area (Å²) >= 11 is 10.4. The summed E-state index contributed by atoms with van der Waals surface area (Å²) in [6, 6.07) is 0. The van der Waals surface area contributed by atoms with Crippen LogP contribution in [0.1, 0.15) is 12.5 Å². The van der Waals surface area contributed by atoms with Crippen LogP contribution in [0.15, 0.2) is 25.3 Å². The SMILES string of the molecule is Nc1ncnc2c1ncn2[C@@H]1O[C@@H]2COP(O)(=S)OC3C(O)[C@H](n4cnc5c(N)ncnc54)O[C@@H]3COP(=O)([S-])OC2C1O. The van der Waals surface area contributed by atoms with Crippen molar-refractivity contribution in [3.8, 4) is 0 Å². The van der Waals surface area contributed by atoms with Gasteiger partial charge in [-0.3, -0.25) is 18.2 Å². The van der Waals surface area contributed by atoms with E-state index in [4.69, 9.17) is 63.1 Å². The van der Waals surface area contributed by atoms with Gasteiger partial charge in [0.15, 0.2) is 42.2 Å². The molecular formula is C20H23N10O10P2S2-. The highest BCUT2D eigenvalue weighted by atomic mass is 32.7. The summed E-state index contributed by atoms with van der Waals surface area (Å²) in [6.07, 6.45) is -5.46. The zero-order valence-electron chi connectivity index (χ0n) is 22.0. The molecule has 6 unspecified atom stereocenters. The van der Waals surface area contributed by atoms with Crippen LogP contribution in [-0.2, 0) is 56.2 Å². The van der Waals surface area contributed by atoms with E-state index in [0.717, 1.165) is 0 Å². The highest BCUT2D eigenvalue weighted by Gasteiger charge is 2.52. The first-order valence-electron chi connectivity index (χ1n) is 12.8. The van der Waals surface area contributed by atoms with Crippen molar-refractivity contribution < 1.29 is 47.2 Å². The lowest BCUT2D eigenvalue weighted by Crippen LogP contribution is -2.39. The van der Waals surface area contributed by atoms with Crippen LogP contribution in [0, 0.1) is 0 Å². The van der Waals surface area contributed by atoms with Gasteiger partial charge in [0.05, 0.1) is 25.9 Å². The molecule has 236 valence electrons. The minimum absolute atomic E-state index is 0.102. The van der Waals surface area contributed by atoms with E-state index in [1.165, 1.54) is 34.4 Å². The predicted octanol–water partition coefficient (Wildman–Crippen LogP) is -0.964. The summed E-state index contributed by atoms with van der Waals surface area (Å²) in [5.74, 6) is 0.205. The molecule has 3 saturated heterocycles. The molecule has 0 aliphatic carbocycles. The average molecular weight is 690 g/mol. The highest BCUT2D eigenvalue weighted by Crippen LogP contribution is 2.54. The molecule has 0 amide bonds. The van der Waals surface area contributed by atoms with Gasteiger partial charge in [-0.05, 0) is 11.8 Å². The Hall–Kier alpha value is -2.43. The van der Waals surface area contributed by atoms with Crippen LogP contribution in [0.3, 0.4) is 0 Å².